The van der Waals surface area contributed by atoms with Gasteiger partial charge >= 0.3 is 0 Å². The van der Waals surface area contributed by atoms with E-state index in [2.05, 4.69) is 20.4 Å². The number of hydrogen-bond donors (Lipinski definition) is 1. The van der Waals surface area contributed by atoms with E-state index in [0.29, 0.717) is 11.5 Å². The third kappa shape index (κ3) is 3.29. The zero-order valence-electron chi connectivity index (χ0n) is 12.3. The van der Waals surface area contributed by atoms with Crippen LogP contribution >= 0.6 is 11.6 Å². The standard InChI is InChI=1S/C15H12ClF2N5/c1-8-5-9(2)23(22-8)15-20-13(16)7-14(21-15)19-10-3-4-11(17)12(18)6-10/h3-7H,1-2H3,(H,19,20,21). The van der Waals surface area contributed by atoms with Gasteiger partial charge in [-0.2, -0.15) is 15.1 Å². The lowest BCUT2D eigenvalue weighted by Crippen LogP contribution is -2.07. The molecule has 23 heavy (non-hydrogen) atoms. The van der Waals surface area contributed by atoms with Crippen LogP contribution < -0.4 is 5.32 Å². The highest BCUT2D eigenvalue weighted by molar-refractivity contribution is 6.29. The highest BCUT2D eigenvalue weighted by atomic mass is 35.5. The van der Waals surface area contributed by atoms with Crippen LogP contribution in [0.5, 0.6) is 0 Å². The monoisotopic (exact) mass is 335 g/mol. The number of anilines is 2. The summed E-state index contributed by atoms with van der Waals surface area (Å²) in [5.74, 6) is -1.24. The van der Waals surface area contributed by atoms with Gasteiger partial charge in [-0.15, -0.1) is 0 Å². The van der Waals surface area contributed by atoms with Gasteiger partial charge in [0.2, 0.25) is 0 Å². The Balaban J connectivity index is 1.97. The van der Waals surface area contributed by atoms with E-state index < -0.39 is 11.6 Å². The Labute approximate surface area is 136 Å². The number of nitrogens with one attached hydrogen (secondary N) is 1. The molecule has 0 aliphatic rings. The van der Waals surface area contributed by atoms with Crippen molar-refractivity contribution in [1.29, 1.82) is 0 Å². The van der Waals surface area contributed by atoms with Crippen LogP contribution in [-0.2, 0) is 0 Å². The number of aromatic nitrogens is 4. The lowest BCUT2D eigenvalue weighted by molar-refractivity contribution is 0.509. The largest absolute Gasteiger partial charge is 0.340 e. The van der Waals surface area contributed by atoms with Crippen LogP contribution in [0.25, 0.3) is 5.95 Å². The van der Waals surface area contributed by atoms with E-state index in [1.807, 2.05) is 19.9 Å². The predicted octanol–water partition coefficient (Wildman–Crippen LogP) is 3.95. The smallest absolute Gasteiger partial charge is 0.254 e. The van der Waals surface area contributed by atoms with Gasteiger partial charge in [-0.1, -0.05) is 11.6 Å². The Hall–Kier alpha value is -2.54. The summed E-state index contributed by atoms with van der Waals surface area (Å²) in [5.41, 5.74) is 2.02. The topological polar surface area (TPSA) is 55.6 Å². The molecule has 1 aromatic carbocycles. The molecule has 0 radical (unpaired) electrons. The molecule has 0 saturated carbocycles. The Bertz CT molecular complexity index is 878. The molecule has 0 aliphatic carbocycles. The van der Waals surface area contributed by atoms with Crippen LogP contribution in [0.3, 0.4) is 0 Å². The number of hydrogen-bond acceptors (Lipinski definition) is 4. The summed E-state index contributed by atoms with van der Waals surface area (Å²) in [4.78, 5) is 8.44. The second-order valence-corrected chi connectivity index (χ2v) is 5.36. The van der Waals surface area contributed by atoms with Crippen LogP contribution in [0.1, 0.15) is 11.4 Å². The van der Waals surface area contributed by atoms with Gasteiger partial charge in [-0.3, -0.25) is 0 Å². The van der Waals surface area contributed by atoms with Crippen molar-refractivity contribution in [2.75, 3.05) is 5.32 Å². The predicted molar refractivity (Wildman–Crippen MR) is 83.3 cm³/mol. The Morgan fingerprint density at radius 1 is 1.04 bits per heavy atom. The summed E-state index contributed by atoms with van der Waals surface area (Å²) >= 11 is 6.02. The molecule has 118 valence electrons. The Morgan fingerprint density at radius 2 is 1.83 bits per heavy atom. The molecular formula is C15H12ClF2N5. The summed E-state index contributed by atoms with van der Waals surface area (Å²) in [6.45, 7) is 3.72. The highest BCUT2D eigenvalue weighted by Crippen LogP contribution is 2.21. The maximum absolute atomic E-state index is 13.3. The average Bonchev–Trinajstić information content (AvgIpc) is 2.81. The van der Waals surface area contributed by atoms with E-state index in [1.54, 1.807) is 4.68 Å². The molecule has 2 heterocycles. The van der Waals surface area contributed by atoms with Gasteiger partial charge in [0.1, 0.15) is 11.0 Å². The molecule has 1 N–H and O–H groups in total. The maximum atomic E-state index is 13.3. The van der Waals surface area contributed by atoms with Crippen molar-refractivity contribution in [2.24, 2.45) is 0 Å². The molecular weight excluding hydrogens is 324 g/mol. The zero-order chi connectivity index (χ0) is 16.6. The normalized spacial score (nSPS) is 10.8. The summed E-state index contributed by atoms with van der Waals surface area (Å²) in [6.07, 6.45) is 0. The fraction of sp³-hybridized carbons (Fsp3) is 0.133. The van der Waals surface area contributed by atoms with Crippen molar-refractivity contribution < 1.29 is 8.78 Å². The Morgan fingerprint density at radius 3 is 2.48 bits per heavy atom. The molecule has 2 aromatic heterocycles. The summed E-state index contributed by atoms with van der Waals surface area (Å²) in [7, 11) is 0. The lowest BCUT2D eigenvalue weighted by atomic mass is 10.3. The third-order valence-corrected chi connectivity index (χ3v) is 3.27. The molecule has 0 unspecified atom stereocenters. The van der Waals surface area contributed by atoms with Crippen LogP contribution in [0.15, 0.2) is 30.3 Å². The van der Waals surface area contributed by atoms with E-state index in [-0.39, 0.29) is 11.1 Å². The minimum atomic E-state index is -0.950. The first-order valence-corrected chi connectivity index (χ1v) is 7.10. The molecule has 3 rings (SSSR count). The van der Waals surface area contributed by atoms with Gasteiger partial charge in [0.05, 0.1) is 5.69 Å². The first kappa shape index (κ1) is 15.4. The van der Waals surface area contributed by atoms with Crippen molar-refractivity contribution in [2.45, 2.75) is 13.8 Å². The van der Waals surface area contributed by atoms with Crippen molar-refractivity contribution in [3.8, 4) is 5.95 Å². The van der Waals surface area contributed by atoms with Gasteiger partial charge in [0, 0.05) is 23.5 Å². The van der Waals surface area contributed by atoms with Crippen molar-refractivity contribution in [1.82, 2.24) is 19.7 Å². The van der Waals surface area contributed by atoms with Crippen molar-refractivity contribution in [3.05, 3.63) is 58.5 Å². The zero-order valence-corrected chi connectivity index (χ0v) is 13.1. The van der Waals surface area contributed by atoms with E-state index in [0.717, 1.165) is 23.5 Å². The second kappa shape index (κ2) is 5.92. The molecule has 0 amide bonds. The first-order chi connectivity index (χ1) is 10.9. The molecule has 0 bridgehead atoms. The SMILES string of the molecule is Cc1cc(C)n(-c2nc(Cl)cc(Nc3ccc(F)c(F)c3)n2)n1. The minimum Gasteiger partial charge on any atom is -0.340 e. The van der Waals surface area contributed by atoms with Crippen molar-refractivity contribution >= 4 is 23.1 Å². The highest BCUT2D eigenvalue weighted by Gasteiger charge is 2.10. The van der Waals surface area contributed by atoms with Crippen molar-refractivity contribution in [3.63, 3.8) is 0 Å². The number of halogens is 3. The summed E-state index contributed by atoms with van der Waals surface area (Å²) < 4.78 is 27.8. The molecule has 0 aliphatic heterocycles. The van der Waals surface area contributed by atoms with Crippen LogP contribution in [-0.4, -0.2) is 19.7 Å². The van der Waals surface area contributed by atoms with Gasteiger partial charge < -0.3 is 5.32 Å². The van der Waals surface area contributed by atoms with E-state index in [9.17, 15) is 8.78 Å². The average molecular weight is 336 g/mol. The fourth-order valence-electron chi connectivity index (χ4n) is 2.12. The number of benzene rings is 1. The molecule has 0 fully saturated rings. The molecule has 0 spiro atoms. The fourth-order valence-corrected chi connectivity index (χ4v) is 2.30. The minimum absolute atomic E-state index is 0.202. The van der Waals surface area contributed by atoms with Crippen LogP contribution in [0.4, 0.5) is 20.3 Å². The first-order valence-electron chi connectivity index (χ1n) is 6.72. The van der Waals surface area contributed by atoms with E-state index in [4.69, 9.17) is 11.6 Å². The second-order valence-electron chi connectivity index (χ2n) is 4.97. The van der Waals surface area contributed by atoms with E-state index in [1.165, 1.54) is 12.1 Å². The number of nitrogens with zero attached hydrogens (tertiary/aromatic N) is 4. The molecule has 5 nitrogen and oxygen atoms in total. The Kier molecular flexibility index (Phi) is 3.96. The third-order valence-electron chi connectivity index (χ3n) is 3.07. The number of aryl methyl sites for hydroxylation is 2. The summed E-state index contributed by atoms with van der Waals surface area (Å²) in [6, 6.07) is 6.83. The van der Waals surface area contributed by atoms with Crippen LogP contribution in [0, 0.1) is 25.5 Å². The number of rotatable bonds is 3. The maximum Gasteiger partial charge on any atom is 0.254 e. The summed E-state index contributed by atoms with van der Waals surface area (Å²) in [5, 5.41) is 7.36. The molecule has 0 atom stereocenters. The van der Waals surface area contributed by atoms with Gasteiger partial charge in [0.25, 0.3) is 5.95 Å². The van der Waals surface area contributed by atoms with Crippen LogP contribution in [0.2, 0.25) is 5.15 Å². The molecule has 3 aromatic rings. The molecule has 8 heteroatoms. The molecule has 0 saturated heterocycles. The van der Waals surface area contributed by atoms with Gasteiger partial charge in [0.15, 0.2) is 11.6 Å². The van der Waals surface area contributed by atoms with E-state index >= 15 is 0 Å². The van der Waals surface area contributed by atoms with Gasteiger partial charge in [-0.05, 0) is 32.0 Å². The van der Waals surface area contributed by atoms with Gasteiger partial charge in [-0.25, -0.2) is 13.5 Å². The lowest BCUT2D eigenvalue weighted by Gasteiger charge is -2.09. The quantitative estimate of drug-likeness (QED) is 0.736.